The first-order valence-corrected chi connectivity index (χ1v) is 7.07. The van der Waals surface area contributed by atoms with Gasteiger partial charge in [0.25, 0.3) is 0 Å². The van der Waals surface area contributed by atoms with E-state index < -0.39 is 11.4 Å². The summed E-state index contributed by atoms with van der Waals surface area (Å²) in [5.41, 5.74) is -0.536. The van der Waals surface area contributed by atoms with E-state index in [2.05, 4.69) is 18.7 Å². The number of rotatable bonds is 6. The van der Waals surface area contributed by atoms with Gasteiger partial charge in [0.1, 0.15) is 5.76 Å². The molecule has 2 heterocycles. The third-order valence-corrected chi connectivity index (χ3v) is 4.27. The van der Waals surface area contributed by atoms with Crippen LogP contribution in [-0.4, -0.2) is 35.1 Å². The number of nitrogens with zero attached hydrogens (tertiary/aromatic N) is 1. The van der Waals surface area contributed by atoms with Gasteiger partial charge in [0.15, 0.2) is 0 Å². The summed E-state index contributed by atoms with van der Waals surface area (Å²) in [4.78, 5) is 13.8. The van der Waals surface area contributed by atoms with Crippen molar-refractivity contribution in [1.29, 1.82) is 0 Å². The van der Waals surface area contributed by atoms with Crippen molar-refractivity contribution in [3.05, 3.63) is 24.2 Å². The summed E-state index contributed by atoms with van der Waals surface area (Å²) in [5.74, 6) is 0.331. The molecule has 0 amide bonds. The van der Waals surface area contributed by atoms with Crippen LogP contribution >= 0.6 is 0 Å². The lowest BCUT2D eigenvalue weighted by molar-refractivity contribution is -0.148. The molecule has 106 valence electrons. The van der Waals surface area contributed by atoms with Gasteiger partial charge in [0, 0.05) is 19.0 Å². The molecule has 19 heavy (non-hydrogen) atoms. The van der Waals surface area contributed by atoms with Crippen LogP contribution in [0, 0.1) is 5.41 Å². The predicted octanol–water partition coefficient (Wildman–Crippen LogP) is 2.79. The van der Waals surface area contributed by atoms with E-state index in [1.54, 1.807) is 6.26 Å². The van der Waals surface area contributed by atoms with E-state index >= 15 is 0 Å². The van der Waals surface area contributed by atoms with Crippen LogP contribution < -0.4 is 0 Å². The number of likely N-dealkylation sites (tertiary alicyclic amines) is 1. The van der Waals surface area contributed by atoms with E-state index in [0.29, 0.717) is 12.6 Å². The van der Waals surface area contributed by atoms with Gasteiger partial charge in [-0.05, 0) is 38.4 Å². The van der Waals surface area contributed by atoms with Crippen LogP contribution in [0.1, 0.15) is 38.9 Å². The third kappa shape index (κ3) is 3.00. The maximum Gasteiger partial charge on any atom is 0.310 e. The van der Waals surface area contributed by atoms with Gasteiger partial charge in [0.05, 0.1) is 11.7 Å². The molecule has 2 unspecified atom stereocenters. The molecule has 0 aliphatic carbocycles. The summed E-state index contributed by atoms with van der Waals surface area (Å²) in [6.45, 7) is 5.73. The molecule has 2 atom stereocenters. The zero-order valence-electron chi connectivity index (χ0n) is 11.8. The maximum absolute atomic E-state index is 11.6. The van der Waals surface area contributed by atoms with Gasteiger partial charge in [-0.25, -0.2) is 0 Å². The maximum atomic E-state index is 11.6. The molecule has 4 heteroatoms. The quantitative estimate of drug-likeness (QED) is 0.859. The topological polar surface area (TPSA) is 53.7 Å². The molecule has 1 aliphatic heterocycles. The fourth-order valence-electron chi connectivity index (χ4n) is 3.09. The monoisotopic (exact) mass is 265 g/mol. The van der Waals surface area contributed by atoms with Crippen LogP contribution in [0.2, 0.25) is 0 Å². The number of hydrogen-bond acceptors (Lipinski definition) is 3. The molecule has 4 nitrogen and oxygen atoms in total. The van der Waals surface area contributed by atoms with Crippen molar-refractivity contribution < 1.29 is 14.3 Å². The molecule has 2 rings (SSSR count). The molecule has 0 aromatic carbocycles. The van der Waals surface area contributed by atoms with Crippen LogP contribution in [0.5, 0.6) is 0 Å². The standard InChI is InChI=1S/C15H23NO3/c1-3-6-15(14(17)18)7-8-16(11-15)12(2)10-13-5-4-9-19-13/h4-5,9,12H,3,6-8,10-11H2,1-2H3,(H,17,18). The zero-order valence-corrected chi connectivity index (χ0v) is 11.8. The Labute approximate surface area is 114 Å². The number of carboxylic acid groups (broad SMARTS) is 1. The van der Waals surface area contributed by atoms with Crippen LogP contribution in [0.3, 0.4) is 0 Å². The summed E-state index contributed by atoms with van der Waals surface area (Å²) >= 11 is 0. The van der Waals surface area contributed by atoms with Gasteiger partial charge in [-0.1, -0.05) is 13.3 Å². The minimum absolute atomic E-state index is 0.323. The minimum Gasteiger partial charge on any atom is -0.481 e. The van der Waals surface area contributed by atoms with Crippen molar-refractivity contribution in [2.75, 3.05) is 13.1 Å². The average Bonchev–Trinajstić information content (AvgIpc) is 2.99. The predicted molar refractivity (Wildman–Crippen MR) is 73.0 cm³/mol. The van der Waals surface area contributed by atoms with Crippen LogP contribution in [0.25, 0.3) is 0 Å². The first kappa shape index (κ1) is 14.1. The first-order chi connectivity index (χ1) is 9.07. The Bertz CT molecular complexity index is 415. The lowest BCUT2D eigenvalue weighted by Crippen LogP contribution is -2.38. The number of furan rings is 1. The fraction of sp³-hybridized carbons (Fsp3) is 0.667. The van der Waals surface area contributed by atoms with Crippen LogP contribution in [-0.2, 0) is 11.2 Å². The second kappa shape index (κ2) is 5.78. The SMILES string of the molecule is CCCC1(C(=O)O)CCN(C(C)Cc2ccco2)C1. The van der Waals surface area contributed by atoms with Gasteiger partial charge in [-0.2, -0.15) is 0 Å². The van der Waals surface area contributed by atoms with Crippen molar-refractivity contribution in [2.24, 2.45) is 5.41 Å². The lowest BCUT2D eigenvalue weighted by Gasteiger charge is -2.27. The first-order valence-electron chi connectivity index (χ1n) is 7.07. The molecule has 0 spiro atoms. The summed E-state index contributed by atoms with van der Waals surface area (Å²) in [6, 6.07) is 4.19. The molecule has 1 fully saturated rings. The fourth-order valence-corrected chi connectivity index (χ4v) is 3.09. The van der Waals surface area contributed by atoms with Crippen LogP contribution in [0.4, 0.5) is 0 Å². The summed E-state index contributed by atoms with van der Waals surface area (Å²) < 4.78 is 5.37. The number of hydrogen-bond donors (Lipinski definition) is 1. The number of carboxylic acids is 1. The molecule has 0 radical (unpaired) electrons. The van der Waals surface area contributed by atoms with Crippen molar-refractivity contribution in [1.82, 2.24) is 4.90 Å². The molecule has 1 saturated heterocycles. The van der Waals surface area contributed by atoms with E-state index in [-0.39, 0.29) is 0 Å². The smallest absolute Gasteiger partial charge is 0.310 e. The Morgan fingerprint density at radius 3 is 3.00 bits per heavy atom. The molecule has 1 aromatic rings. The van der Waals surface area contributed by atoms with E-state index in [1.807, 2.05) is 12.1 Å². The van der Waals surface area contributed by atoms with Gasteiger partial charge in [-0.15, -0.1) is 0 Å². The van der Waals surface area contributed by atoms with E-state index in [4.69, 9.17) is 4.42 Å². The molecule has 1 aromatic heterocycles. The largest absolute Gasteiger partial charge is 0.481 e. The summed E-state index contributed by atoms with van der Waals surface area (Å²) in [6.07, 6.45) is 4.98. The highest BCUT2D eigenvalue weighted by Gasteiger charge is 2.44. The second-order valence-corrected chi connectivity index (χ2v) is 5.69. The van der Waals surface area contributed by atoms with Crippen molar-refractivity contribution in [3.63, 3.8) is 0 Å². The van der Waals surface area contributed by atoms with E-state index in [0.717, 1.165) is 38.0 Å². The normalized spacial score (nSPS) is 25.6. The van der Waals surface area contributed by atoms with E-state index in [9.17, 15) is 9.90 Å². The molecule has 1 N–H and O–H groups in total. The van der Waals surface area contributed by atoms with Gasteiger partial charge >= 0.3 is 5.97 Å². The second-order valence-electron chi connectivity index (χ2n) is 5.69. The summed E-state index contributed by atoms with van der Waals surface area (Å²) in [7, 11) is 0. The summed E-state index contributed by atoms with van der Waals surface area (Å²) in [5, 5.41) is 9.51. The highest BCUT2D eigenvalue weighted by Crippen LogP contribution is 2.36. The van der Waals surface area contributed by atoms with Gasteiger partial charge in [-0.3, -0.25) is 9.69 Å². The van der Waals surface area contributed by atoms with E-state index in [1.165, 1.54) is 0 Å². The van der Waals surface area contributed by atoms with Crippen molar-refractivity contribution >= 4 is 5.97 Å². The number of carbonyl (C=O) groups is 1. The third-order valence-electron chi connectivity index (χ3n) is 4.27. The Hall–Kier alpha value is -1.29. The Morgan fingerprint density at radius 2 is 2.42 bits per heavy atom. The van der Waals surface area contributed by atoms with Crippen LogP contribution in [0.15, 0.2) is 22.8 Å². The molecule has 0 saturated carbocycles. The Morgan fingerprint density at radius 1 is 1.63 bits per heavy atom. The Balaban J connectivity index is 1.98. The minimum atomic E-state index is -0.637. The average molecular weight is 265 g/mol. The lowest BCUT2D eigenvalue weighted by atomic mass is 9.82. The van der Waals surface area contributed by atoms with Gasteiger partial charge in [0.2, 0.25) is 0 Å². The molecular weight excluding hydrogens is 242 g/mol. The highest BCUT2D eigenvalue weighted by atomic mass is 16.4. The highest BCUT2D eigenvalue weighted by molar-refractivity contribution is 5.75. The number of aliphatic carboxylic acids is 1. The van der Waals surface area contributed by atoms with Gasteiger partial charge < -0.3 is 9.52 Å². The zero-order chi connectivity index (χ0) is 13.9. The molecule has 1 aliphatic rings. The Kier molecular flexibility index (Phi) is 4.30. The molecule has 0 bridgehead atoms. The molecular formula is C15H23NO3. The van der Waals surface area contributed by atoms with Crippen molar-refractivity contribution in [3.8, 4) is 0 Å². The van der Waals surface area contributed by atoms with Crippen molar-refractivity contribution in [2.45, 2.75) is 45.6 Å².